The summed E-state index contributed by atoms with van der Waals surface area (Å²) in [4.78, 5) is 15.8. The molecule has 0 saturated carbocycles. The lowest BCUT2D eigenvalue weighted by Crippen LogP contribution is -2.19. The molecule has 33 heavy (non-hydrogen) atoms. The smallest absolute Gasteiger partial charge is 0.305 e. The maximum atomic E-state index is 13.7. The average molecular weight is 460 g/mol. The lowest BCUT2D eigenvalue weighted by molar-refractivity contribution is -0.139. The fraction of sp³-hybridized carbons (Fsp3) is 0.462. The summed E-state index contributed by atoms with van der Waals surface area (Å²) < 4.78 is 19.2. The van der Waals surface area contributed by atoms with Gasteiger partial charge in [-0.25, -0.2) is 4.39 Å². The van der Waals surface area contributed by atoms with Crippen LogP contribution in [0, 0.1) is 5.82 Å². The van der Waals surface area contributed by atoms with E-state index in [2.05, 4.69) is 13.8 Å². The van der Waals surface area contributed by atoms with E-state index < -0.39 is 24.6 Å². The van der Waals surface area contributed by atoms with E-state index in [9.17, 15) is 19.4 Å². The van der Waals surface area contributed by atoms with Crippen molar-refractivity contribution in [3.05, 3.63) is 58.7 Å². The molecule has 0 bridgehead atoms. The van der Waals surface area contributed by atoms with Crippen LogP contribution in [0.1, 0.15) is 74.9 Å². The van der Waals surface area contributed by atoms with Crippen molar-refractivity contribution in [2.75, 3.05) is 7.11 Å². The number of carboxylic acids is 1. The molecule has 7 heteroatoms. The molecule has 1 aromatic heterocycles. The molecule has 2 aromatic rings. The van der Waals surface area contributed by atoms with Crippen LogP contribution in [0.5, 0.6) is 0 Å². The highest BCUT2D eigenvalue weighted by Gasteiger charge is 2.23. The molecule has 0 fully saturated rings. The topological polar surface area (TPSA) is 99.9 Å². The summed E-state index contributed by atoms with van der Waals surface area (Å²) in [5.41, 5.74) is 5.05. The van der Waals surface area contributed by atoms with E-state index in [0.29, 0.717) is 6.61 Å². The summed E-state index contributed by atoms with van der Waals surface area (Å²) in [5, 5.41) is 29.1. The van der Waals surface area contributed by atoms with Crippen LogP contribution in [0.2, 0.25) is 0 Å². The van der Waals surface area contributed by atoms with Gasteiger partial charge in [-0.3, -0.25) is 9.78 Å². The second-order valence-corrected chi connectivity index (χ2v) is 8.81. The normalized spacial score (nSPS) is 13.8. The zero-order chi connectivity index (χ0) is 24.7. The van der Waals surface area contributed by atoms with Crippen LogP contribution in [-0.2, 0) is 16.1 Å². The standard InChI is InChI=1S/C26H34FNO5/c1-15(2)25-21(11-10-19(29)12-20(30)13-23(31)32)24(17-6-8-18(27)9-7-17)22(14-33-5)26(28-25)16(3)4/h6-11,15-16,19-20,29-30H,12-14H2,1-5H3,(H,31,32)/t19-,20+/m1/s1. The molecule has 2 rings (SSSR count). The maximum absolute atomic E-state index is 13.7. The fourth-order valence-electron chi connectivity index (χ4n) is 3.85. The van der Waals surface area contributed by atoms with Crippen LogP contribution in [0.3, 0.4) is 0 Å². The summed E-state index contributed by atoms with van der Waals surface area (Å²) in [6.45, 7) is 8.49. The van der Waals surface area contributed by atoms with Crippen molar-refractivity contribution >= 4 is 12.0 Å². The van der Waals surface area contributed by atoms with Gasteiger partial charge in [-0.05, 0) is 35.1 Å². The number of hydrogen-bond donors (Lipinski definition) is 3. The van der Waals surface area contributed by atoms with Crippen LogP contribution in [0.4, 0.5) is 4.39 Å². The van der Waals surface area contributed by atoms with E-state index in [-0.39, 0.29) is 24.1 Å². The molecule has 0 aliphatic rings. The Morgan fingerprint density at radius 2 is 1.70 bits per heavy atom. The lowest BCUT2D eigenvalue weighted by Gasteiger charge is -2.23. The van der Waals surface area contributed by atoms with Gasteiger partial charge in [-0.15, -0.1) is 0 Å². The molecule has 0 saturated heterocycles. The first-order valence-electron chi connectivity index (χ1n) is 11.1. The highest BCUT2D eigenvalue weighted by Crippen LogP contribution is 2.37. The quantitative estimate of drug-likeness (QED) is 0.443. The van der Waals surface area contributed by atoms with Crippen LogP contribution >= 0.6 is 0 Å². The van der Waals surface area contributed by atoms with Crippen molar-refractivity contribution < 1.29 is 29.2 Å². The monoisotopic (exact) mass is 459 g/mol. The van der Waals surface area contributed by atoms with Gasteiger partial charge in [0, 0.05) is 30.4 Å². The predicted octanol–water partition coefficient (Wildman–Crippen LogP) is 4.88. The lowest BCUT2D eigenvalue weighted by atomic mass is 9.87. The summed E-state index contributed by atoms with van der Waals surface area (Å²) in [6, 6.07) is 6.23. The van der Waals surface area contributed by atoms with Gasteiger partial charge in [0.1, 0.15) is 5.82 Å². The molecule has 6 nitrogen and oxygen atoms in total. The van der Waals surface area contributed by atoms with Crippen molar-refractivity contribution in [1.82, 2.24) is 4.98 Å². The van der Waals surface area contributed by atoms with Gasteiger partial charge in [0.05, 0.1) is 30.9 Å². The Balaban J connectivity index is 2.69. The third-order valence-corrected chi connectivity index (χ3v) is 5.32. The molecular formula is C26H34FNO5. The maximum Gasteiger partial charge on any atom is 0.305 e. The first-order chi connectivity index (χ1) is 15.5. The Labute approximate surface area is 194 Å². The second kappa shape index (κ2) is 12.0. The number of aliphatic hydroxyl groups is 2. The van der Waals surface area contributed by atoms with E-state index >= 15 is 0 Å². The van der Waals surface area contributed by atoms with Gasteiger partial charge >= 0.3 is 5.97 Å². The van der Waals surface area contributed by atoms with Gasteiger partial charge in [0.25, 0.3) is 0 Å². The Kier molecular flexibility index (Phi) is 9.70. The van der Waals surface area contributed by atoms with Crippen molar-refractivity contribution in [3.8, 4) is 11.1 Å². The molecule has 0 aliphatic heterocycles. The van der Waals surface area contributed by atoms with Gasteiger partial charge in [0.2, 0.25) is 0 Å². The number of carbonyl (C=O) groups is 1. The first-order valence-corrected chi connectivity index (χ1v) is 11.1. The van der Waals surface area contributed by atoms with E-state index in [1.807, 2.05) is 13.8 Å². The number of pyridine rings is 1. The van der Waals surface area contributed by atoms with E-state index in [0.717, 1.165) is 33.6 Å². The molecule has 3 N–H and O–H groups in total. The molecule has 0 aliphatic carbocycles. The van der Waals surface area contributed by atoms with Crippen LogP contribution in [0.15, 0.2) is 30.3 Å². The molecule has 0 amide bonds. The predicted molar refractivity (Wildman–Crippen MR) is 126 cm³/mol. The highest BCUT2D eigenvalue weighted by atomic mass is 19.1. The van der Waals surface area contributed by atoms with Gasteiger partial charge < -0.3 is 20.1 Å². The van der Waals surface area contributed by atoms with Crippen LogP contribution in [0.25, 0.3) is 17.2 Å². The minimum atomic E-state index is -1.16. The van der Waals surface area contributed by atoms with Gasteiger partial charge in [-0.1, -0.05) is 52.0 Å². The number of halogens is 1. The van der Waals surface area contributed by atoms with Crippen molar-refractivity contribution in [2.24, 2.45) is 0 Å². The molecule has 0 spiro atoms. The summed E-state index contributed by atoms with van der Waals surface area (Å²) in [7, 11) is 1.61. The zero-order valence-corrected chi connectivity index (χ0v) is 19.9. The molecule has 2 atom stereocenters. The molecular weight excluding hydrogens is 425 g/mol. The number of aliphatic hydroxyl groups excluding tert-OH is 2. The van der Waals surface area contributed by atoms with Gasteiger partial charge in [-0.2, -0.15) is 0 Å². The number of hydrogen-bond acceptors (Lipinski definition) is 5. The highest BCUT2D eigenvalue weighted by molar-refractivity contribution is 5.80. The van der Waals surface area contributed by atoms with E-state index in [1.165, 1.54) is 18.2 Å². The van der Waals surface area contributed by atoms with Crippen LogP contribution in [-0.4, -0.2) is 45.6 Å². The third kappa shape index (κ3) is 7.19. The number of nitrogens with zero attached hydrogens (tertiary/aromatic N) is 1. The molecule has 1 aromatic carbocycles. The summed E-state index contributed by atoms with van der Waals surface area (Å²) >= 11 is 0. The number of methoxy groups -OCH3 is 1. The Bertz CT molecular complexity index is 970. The SMILES string of the molecule is COCc1c(C(C)C)nc(C(C)C)c(C=C[C@@H](O)C[C@H](O)CC(=O)O)c1-c1ccc(F)cc1. The van der Waals surface area contributed by atoms with Crippen molar-refractivity contribution in [3.63, 3.8) is 0 Å². The minimum absolute atomic E-state index is 0.0627. The fourth-order valence-corrected chi connectivity index (χ4v) is 3.85. The first kappa shape index (κ1) is 26.6. The van der Waals surface area contributed by atoms with Crippen molar-refractivity contribution in [2.45, 2.75) is 71.2 Å². The molecule has 0 unspecified atom stereocenters. The number of ether oxygens (including phenoxy) is 1. The number of aromatic nitrogens is 1. The largest absolute Gasteiger partial charge is 0.481 e. The van der Waals surface area contributed by atoms with E-state index in [1.54, 1.807) is 25.3 Å². The third-order valence-electron chi connectivity index (χ3n) is 5.32. The Morgan fingerprint density at radius 1 is 1.09 bits per heavy atom. The van der Waals surface area contributed by atoms with Gasteiger partial charge in [0.15, 0.2) is 0 Å². The van der Waals surface area contributed by atoms with Crippen LogP contribution < -0.4 is 0 Å². The minimum Gasteiger partial charge on any atom is -0.481 e. The van der Waals surface area contributed by atoms with Crippen molar-refractivity contribution in [1.29, 1.82) is 0 Å². The summed E-state index contributed by atoms with van der Waals surface area (Å²) in [6.07, 6.45) is 0.541. The average Bonchev–Trinajstić information content (AvgIpc) is 2.72. The molecule has 180 valence electrons. The second-order valence-electron chi connectivity index (χ2n) is 8.81. The zero-order valence-electron chi connectivity index (χ0n) is 19.9. The molecule has 1 heterocycles. The van der Waals surface area contributed by atoms with E-state index in [4.69, 9.17) is 14.8 Å². The number of aliphatic carboxylic acids is 1. The number of rotatable bonds is 11. The Hall–Kier alpha value is -2.61. The number of benzene rings is 1. The Morgan fingerprint density at radius 3 is 2.21 bits per heavy atom. The number of carboxylic acid groups (broad SMARTS) is 1. The molecule has 0 radical (unpaired) electrons. The summed E-state index contributed by atoms with van der Waals surface area (Å²) in [5.74, 6) is -1.28.